The fraction of sp³-hybridized carbons (Fsp3) is 0.923. The van der Waals surface area contributed by atoms with Gasteiger partial charge in [-0.2, -0.15) is 0 Å². The van der Waals surface area contributed by atoms with E-state index in [1.54, 1.807) is 7.05 Å². The minimum atomic E-state index is -3.29. The maximum absolute atomic E-state index is 12.1. The standard InChI is InChI=1S/C13H26N2O3S/c1-13(2,9-14)10-15(3)12(16)8-19(17,18)11-6-4-5-7-11/h11H,4-10,14H2,1-3H3. The Bertz CT molecular complexity index is 412. The van der Waals surface area contributed by atoms with Gasteiger partial charge in [-0.3, -0.25) is 4.79 Å². The van der Waals surface area contributed by atoms with Crippen LogP contribution >= 0.6 is 0 Å². The highest BCUT2D eigenvalue weighted by Crippen LogP contribution is 2.25. The summed E-state index contributed by atoms with van der Waals surface area (Å²) >= 11 is 0. The minimum Gasteiger partial charge on any atom is -0.344 e. The van der Waals surface area contributed by atoms with Crippen LogP contribution in [0.2, 0.25) is 0 Å². The quantitative estimate of drug-likeness (QED) is 0.784. The highest BCUT2D eigenvalue weighted by molar-refractivity contribution is 7.92. The highest BCUT2D eigenvalue weighted by atomic mass is 32.2. The second-order valence-electron chi connectivity index (χ2n) is 6.33. The van der Waals surface area contributed by atoms with E-state index < -0.39 is 9.84 Å². The summed E-state index contributed by atoms with van der Waals surface area (Å²) < 4.78 is 24.2. The Morgan fingerprint density at radius 1 is 1.32 bits per heavy atom. The fourth-order valence-corrected chi connectivity index (χ4v) is 4.29. The van der Waals surface area contributed by atoms with Crippen molar-refractivity contribution >= 4 is 15.7 Å². The van der Waals surface area contributed by atoms with Gasteiger partial charge in [-0.05, 0) is 24.8 Å². The van der Waals surface area contributed by atoms with Gasteiger partial charge in [-0.1, -0.05) is 26.7 Å². The second-order valence-corrected chi connectivity index (χ2v) is 8.61. The number of carbonyl (C=O) groups excluding carboxylic acids is 1. The Labute approximate surface area is 116 Å². The van der Waals surface area contributed by atoms with Crippen molar-refractivity contribution in [2.45, 2.75) is 44.8 Å². The van der Waals surface area contributed by atoms with Gasteiger partial charge in [0.2, 0.25) is 5.91 Å². The molecule has 1 aliphatic rings. The van der Waals surface area contributed by atoms with E-state index in [1.165, 1.54) is 4.90 Å². The summed E-state index contributed by atoms with van der Waals surface area (Å²) in [5.41, 5.74) is 5.43. The first kappa shape index (κ1) is 16.4. The van der Waals surface area contributed by atoms with Gasteiger partial charge in [0, 0.05) is 13.6 Å². The van der Waals surface area contributed by atoms with Crippen molar-refractivity contribution in [3.63, 3.8) is 0 Å². The SMILES string of the molecule is CN(CC(C)(C)CN)C(=O)CS(=O)(=O)C1CCCC1. The molecule has 1 rings (SSSR count). The van der Waals surface area contributed by atoms with Crippen LogP contribution in [0, 0.1) is 5.41 Å². The number of nitrogens with two attached hydrogens (primary N) is 1. The molecular weight excluding hydrogens is 264 g/mol. The summed E-state index contributed by atoms with van der Waals surface area (Å²) in [4.78, 5) is 13.5. The molecule has 0 heterocycles. The molecule has 0 aromatic rings. The third kappa shape index (κ3) is 4.76. The van der Waals surface area contributed by atoms with E-state index in [-0.39, 0.29) is 22.3 Å². The van der Waals surface area contributed by atoms with Crippen LogP contribution in [0.15, 0.2) is 0 Å². The van der Waals surface area contributed by atoms with Crippen LogP contribution in [0.1, 0.15) is 39.5 Å². The molecule has 0 unspecified atom stereocenters. The lowest BCUT2D eigenvalue weighted by atomic mass is 9.93. The molecule has 19 heavy (non-hydrogen) atoms. The minimum absolute atomic E-state index is 0.193. The Morgan fingerprint density at radius 2 is 1.84 bits per heavy atom. The van der Waals surface area contributed by atoms with E-state index in [0.29, 0.717) is 25.9 Å². The van der Waals surface area contributed by atoms with Gasteiger partial charge >= 0.3 is 0 Å². The van der Waals surface area contributed by atoms with Crippen molar-refractivity contribution in [1.29, 1.82) is 0 Å². The molecule has 0 atom stereocenters. The van der Waals surface area contributed by atoms with Crippen LogP contribution in [0.3, 0.4) is 0 Å². The lowest BCUT2D eigenvalue weighted by Gasteiger charge is -2.29. The predicted octanol–water partition coefficient (Wildman–Crippen LogP) is 0.787. The van der Waals surface area contributed by atoms with Crippen LogP contribution in [-0.2, 0) is 14.6 Å². The van der Waals surface area contributed by atoms with Gasteiger partial charge in [-0.25, -0.2) is 8.42 Å². The van der Waals surface area contributed by atoms with Crippen molar-refractivity contribution in [2.75, 3.05) is 25.9 Å². The van der Waals surface area contributed by atoms with Gasteiger partial charge in [0.25, 0.3) is 0 Å². The van der Waals surface area contributed by atoms with Crippen molar-refractivity contribution < 1.29 is 13.2 Å². The van der Waals surface area contributed by atoms with Crippen LogP contribution < -0.4 is 5.73 Å². The molecule has 0 bridgehead atoms. The number of rotatable bonds is 6. The van der Waals surface area contributed by atoms with Gasteiger partial charge in [0.05, 0.1) is 5.25 Å². The molecular formula is C13H26N2O3S. The second kappa shape index (κ2) is 6.22. The van der Waals surface area contributed by atoms with Crippen molar-refractivity contribution in [2.24, 2.45) is 11.1 Å². The first-order valence-electron chi connectivity index (χ1n) is 6.83. The fourth-order valence-electron chi connectivity index (χ4n) is 2.44. The summed E-state index contributed by atoms with van der Waals surface area (Å²) in [6.45, 7) is 4.85. The summed E-state index contributed by atoms with van der Waals surface area (Å²) in [5.74, 6) is -0.692. The van der Waals surface area contributed by atoms with E-state index in [1.807, 2.05) is 13.8 Å². The monoisotopic (exact) mass is 290 g/mol. The number of hydrogen-bond donors (Lipinski definition) is 1. The molecule has 2 N–H and O–H groups in total. The average molecular weight is 290 g/mol. The van der Waals surface area contributed by atoms with E-state index in [9.17, 15) is 13.2 Å². The molecule has 6 heteroatoms. The predicted molar refractivity (Wildman–Crippen MR) is 76.5 cm³/mol. The summed E-state index contributed by atoms with van der Waals surface area (Å²) in [6, 6.07) is 0. The number of carbonyl (C=O) groups is 1. The number of nitrogens with zero attached hydrogens (tertiary/aromatic N) is 1. The molecule has 0 spiro atoms. The largest absolute Gasteiger partial charge is 0.344 e. The van der Waals surface area contributed by atoms with Crippen molar-refractivity contribution in [1.82, 2.24) is 4.90 Å². The Kier molecular flexibility index (Phi) is 5.38. The van der Waals surface area contributed by atoms with E-state index in [2.05, 4.69) is 0 Å². The third-order valence-electron chi connectivity index (χ3n) is 3.78. The summed E-state index contributed by atoms with van der Waals surface area (Å²) in [6.07, 6.45) is 3.31. The Balaban J connectivity index is 2.59. The lowest BCUT2D eigenvalue weighted by Crippen LogP contribution is -2.42. The average Bonchev–Trinajstić information content (AvgIpc) is 2.82. The maximum atomic E-state index is 12.1. The molecule has 1 fully saturated rings. The first-order valence-corrected chi connectivity index (χ1v) is 8.55. The van der Waals surface area contributed by atoms with Crippen LogP contribution in [0.5, 0.6) is 0 Å². The molecule has 1 amide bonds. The maximum Gasteiger partial charge on any atom is 0.237 e. The smallest absolute Gasteiger partial charge is 0.237 e. The van der Waals surface area contributed by atoms with Crippen molar-refractivity contribution in [3.8, 4) is 0 Å². The third-order valence-corrected chi connectivity index (χ3v) is 5.91. The molecule has 0 aromatic carbocycles. The molecule has 0 saturated heterocycles. The normalized spacial score (nSPS) is 17.7. The van der Waals surface area contributed by atoms with Gasteiger partial charge in [0.1, 0.15) is 5.75 Å². The summed E-state index contributed by atoms with van der Waals surface area (Å²) in [7, 11) is -1.65. The Hall–Kier alpha value is -0.620. The lowest BCUT2D eigenvalue weighted by molar-refractivity contribution is -0.128. The van der Waals surface area contributed by atoms with Gasteiger partial charge < -0.3 is 10.6 Å². The van der Waals surface area contributed by atoms with Gasteiger partial charge in [0.15, 0.2) is 9.84 Å². The topological polar surface area (TPSA) is 80.5 Å². The Morgan fingerprint density at radius 3 is 2.32 bits per heavy atom. The molecule has 0 aromatic heterocycles. The number of sulfone groups is 1. The number of hydrogen-bond acceptors (Lipinski definition) is 4. The highest BCUT2D eigenvalue weighted by Gasteiger charge is 2.32. The van der Waals surface area contributed by atoms with Crippen LogP contribution in [0.25, 0.3) is 0 Å². The van der Waals surface area contributed by atoms with Crippen molar-refractivity contribution in [3.05, 3.63) is 0 Å². The van der Waals surface area contributed by atoms with E-state index >= 15 is 0 Å². The van der Waals surface area contributed by atoms with Gasteiger partial charge in [-0.15, -0.1) is 0 Å². The molecule has 1 aliphatic carbocycles. The van der Waals surface area contributed by atoms with E-state index in [4.69, 9.17) is 5.73 Å². The zero-order chi connectivity index (χ0) is 14.7. The van der Waals surface area contributed by atoms with Crippen LogP contribution in [-0.4, -0.2) is 50.4 Å². The molecule has 1 saturated carbocycles. The molecule has 5 nitrogen and oxygen atoms in total. The zero-order valence-corrected chi connectivity index (χ0v) is 13.0. The summed E-state index contributed by atoms with van der Waals surface area (Å²) in [5, 5.41) is -0.313. The van der Waals surface area contributed by atoms with E-state index in [0.717, 1.165) is 12.8 Å². The molecule has 112 valence electrons. The zero-order valence-electron chi connectivity index (χ0n) is 12.2. The van der Waals surface area contributed by atoms with Crippen LogP contribution in [0.4, 0.5) is 0 Å². The number of amides is 1. The molecule has 0 aliphatic heterocycles. The molecule has 0 radical (unpaired) electrons. The first-order chi connectivity index (χ1) is 8.68.